The van der Waals surface area contributed by atoms with Gasteiger partial charge in [0, 0.05) is 12.3 Å². The molecule has 0 spiro atoms. The SMILES string of the molecule is COc1cc(Oc2cccnc2)ccc1N.CS(=O)(=O)O. The molecule has 0 saturated carbocycles. The van der Waals surface area contributed by atoms with Gasteiger partial charge < -0.3 is 15.2 Å². The third-order valence-electron chi connectivity index (χ3n) is 2.08. The van der Waals surface area contributed by atoms with Crippen molar-refractivity contribution < 1.29 is 22.4 Å². The molecule has 7 nitrogen and oxygen atoms in total. The second-order valence-electron chi connectivity index (χ2n) is 3.93. The monoisotopic (exact) mass is 312 g/mol. The minimum absolute atomic E-state index is 0.584. The number of aromatic nitrogens is 1. The molecule has 0 bridgehead atoms. The topological polar surface area (TPSA) is 112 Å². The van der Waals surface area contributed by atoms with Gasteiger partial charge in [-0.3, -0.25) is 9.54 Å². The zero-order valence-electron chi connectivity index (χ0n) is 11.6. The molecule has 3 N–H and O–H groups in total. The summed E-state index contributed by atoms with van der Waals surface area (Å²) < 4.78 is 36.5. The number of nitrogens with two attached hydrogens (primary N) is 1. The van der Waals surface area contributed by atoms with Crippen molar-refractivity contribution in [2.75, 3.05) is 19.1 Å². The molecule has 21 heavy (non-hydrogen) atoms. The summed E-state index contributed by atoms with van der Waals surface area (Å²) >= 11 is 0. The Hall–Kier alpha value is -2.32. The first kappa shape index (κ1) is 16.7. The summed E-state index contributed by atoms with van der Waals surface area (Å²) in [4.78, 5) is 3.96. The average Bonchev–Trinajstić information content (AvgIpc) is 2.40. The van der Waals surface area contributed by atoms with Crippen molar-refractivity contribution in [3.63, 3.8) is 0 Å². The van der Waals surface area contributed by atoms with E-state index >= 15 is 0 Å². The van der Waals surface area contributed by atoms with Crippen molar-refractivity contribution >= 4 is 15.8 Å². The van der Waals surface area contributed by atoms with E-state index in [0.717, 1.165) is 0 Å². The summed E-state index contributed by atoms with van der Waals surface area (Å²) in [5, 5.41) is 0. The highest BCUT2D eigenvalue weighted by molar-refractivity contribution is 7.85. The fraction of sp³-hybridized carbons (Fsp3) is 0.154. The summed E-state index contributed by atoms with van der Waals surface area (Å²) in [6.45, 7) is 0. The number of hydrogen-bond donors (Lipinski definition) is 2. The van der Waals surface area contributed by atoms with E-state index in [0.29, 0.717) is 29.2 Å². The summed E-state index contributed by atoms with van der Waals surface area (Å²) in [7, 11) is -2.10. The summed E-state index contributed by atoms with van der Waals surface area (Å²) in [5.74, 6) is 1.94. The van der Waals surface area contributed by atoms with Crippen molar-refractivity contribution in [1.29, 1.82) is 0 Å². The molecule has 1 aromatic carbocycles. The predicted molar refractivity (Wildman–Crippen MR) is 79.2 cm³/mol. The van der Waals surface area contributed by atoms with Crippen LogP contribution < -0.4 is 15.2 Å². The molecule has 0 atom stereocenters. The predicted octanol–water partition coefficient (Wildman–Crippen LogP) is 1.97. The Morgan fingerprint density at radius 2 is 1.90 bits per heavy atom. The van der Waals surface area contributed by atoms with Crippen LogP contribution in [0.2, 0.25) is 0 Å². The van der Waals surface area contributed by atoms with Crippen molar-refractivity contribution in [2.45, 2.75) is 0 Å². The number of hydrogen-bond acceptors (Lipinski definition) is 6. The number of rotatable bonds is 3. The number of ether oxygens (including phenoxy) is 2. The maximum atomic E-state index is 9.19. The normalized spacial score (nSPS) is 10.2. The maximum Gasteiger partial charge on any atom is 0.261 e. The summed E-state index contributed by atoms with van der Waals surface area (Å²) in [5.41, 5.74) is 6.28. The average molecular weight is 312 g/mol. The van der Waals surface area contributed by atoms with E-state index < -0.39 is 10.1 Å². The standard InChI is InChI=1S/C12H12N2O2.CH4O3S/c1-15-12-7-9(4-5-11(12)13)16-10-3-2-6-14-8-10;1-5(2,3)4/h2-8H,13H2,1H3;1H3,(H,2,3,4). The van der Waals surface area contributed by atoms with E-state index in [9.17, 15) is 8.42 Å². The summed E-state index contributed by atoms with van der Waals surface area (Å²) in [6.07, 6.45) is 4.05. The van der Waals surface area contributed by atoms with Gasteiger partial charge in [-0.15, -0.1) is 0 Å². The van der Waals surface area contributed by atoms with Crippen LogP contribution in [0.5, 0.6) is 17.2 Å². The number of anilines is 1. The highest BCUT2D eigenvalue weighted by atomic mass is 32.2. The van der Waals surface area contributed by atoms with Crippen LogP contribution in [0.3, 0.4) is 0 Å². The van der Waals surface area contributed by atoms with Crippen molar-refractivity contribution in [3.8, 4) is 17.2 Å². The first-order valence-corrected chi connectivity index (χ1v) is 7.58. The van der Waals surface area contributed by atoms with E-state index in [2.05, 4.69) is 4.98 Å². The lowest BCUT2D eigenvalue weighted by Crippen LogP contribution is -1.93. The van der Waals surface area contributed by atoms with Gasteiger partial charge in [-0.25, -0.2) is 0 Å². The van der Waals surface area contributed by atoms with Gasteiger partial charge in [-0.1, -0.05) is 0 Å². The number of pyridine rings is 1. The molecule has 0 aliphatic rings. The van der Waals surface area contributed by atoms with Gasteiger partial charge in [0.25, 0.3) is 10.1 Å². The van der Waals surface area contributed by atoms with Crippen LogP contribution in [0.15, 0.2) is 42.7 Å². The number of methoxy groups -OCH3 is 1. The first-order chi connectivity index (χ1) is 9.79. The van der Waals surface area contributed by atoms with Crippen molar-refractivity contribution in [2.24, 2.45) is 0 Å². The van der Waals surface area contributed by atoms with Gasteiger partial charge in [-0.2, -0.15) is 8.42 Å². The molecule has 0 saturated heterocycles. The molecule has 1 heterocycles. The van der Waals surface area contributed by atoms with E-state index in [-0.39, 0.29) is 0 Å². The molecule has 0 aliphatic carbocycles. The van der Waals surface area contributed by atoms with Gasteiger partial charge in [0.1, 0.15) is 17.2 Å². The zero-order chi connectivity index (χ0) is 15.9. The molecule has 2 rings (SSSR count). The molecule has 1 aromatic heterocycles. The molecule has 2 aromatic rings. The zero-order valence-corrected chi connectivity index (χ0v) is 12.4. The van der Waals surface area contributed by atoms with Crippen LogP contribution in [0, 0.1) is 0 Å². The number of nitrogen functional groups attached to an aromatic ring is 1. The molecular weight excluding hydrogens is 296 g/mol. The second kappa shape index (κ2) is 7.46. The number of nitrogens with zero attached hydrogens (tertiary/aromatic N) is 1. The van der Waals surface area contributed by atoms with Crippen LogP contribution in [-0.2, 0) is 10.1 Å². The van der Waals surface area contributed by atoms with E-state index in [4.69, 9.17) is 19.8 Å². The number of benzene rings is 1. The van der Waals surface area contributed by atoms with E-state index in [1.807, 2.05) is 12.1 Å². The Bertz CT molecular complexity index is 666. The Morgan fingerprint density at radius 1 is 1.24 bits per heavy atom. The Kier molecular flexibility index (Phi) is 5.94. The largest absolute Gasteiger partial charge is 0.494 e. The Balaban J connectivity index is 0.000000383. The smallest absolute Gasteiger partial charge is 0.261 e. The molecule has 114 valence electrons. The second-order valence-corrected chi connectivity index (χ2v) is 5.39. The lowest BCUT2D eigenvalue weighted by atomic mass is 10.3. The quantitative estimate of drug-likeness (QED) is 0.658. The minimum Gasteiger partial charge on any atom is -0.494 e. The Morgan fingerprint density at radius 3 is 2.43 bits per heavy atom. The van der Waals surface area contributed by atoms with E-state index in [1.54, 1.807) is 37.7 Å². The summed E-state index contributed by atoms with van der Waals surface area (Å²) in [6, 6.07) is 8.90. The van der Waals surface area contributed by atoms with Crippen molar-refractivity contribution in [3.05, 3.63) is 42.7 Å². The Labute approximate surface area is 123 Å². The van der Waals surface area contributed by atoms with Gasteiger partial charge in [0.05, 0.1) is 25.2 Å². The van der Waals surface area contributed by atoms with E-state index in [1.165, 1.54) is 0 Å². The van der Waals surface area contributed by atoms with Gasteiger partial charge in [-0.05, 0) is 24.3 Å². The third-order valence-corrected chi connectivity index (χ3v) is 2.08. The fourth-order valence-corrected chi connectivity index (χ4v) is 1.30. The first-order valence-electron chi connectivity index (χ1n) is 5.73. The van der Waals surface area contributed by atoms with Crippen LogP contribution in [0.25, 0.3) is 0 Å². The highest BCUT2D eigenvalue weighted by Crippen LogP contribution is 2.29. The maximum absolute atomic E-state index is 9.19. The molecule has 0 amide bonds. The van der Waals surface area contributed by atoms with Crippen LogP contribution in [0.1, 0.15) is 0 Å². The third kappa shape index (κ3) is 7.14. The van der Waals surface area contributed by atoms with Gasteiger partial charge >= 0.3 is 0 Å². The van der Waals surface area contributed by atoms with Gasteiger partial charge in [0.15, 0.2) is 0 Å². The molecular formula is C13H16N2O5S. The highest BCUT2D eigenvalue weighted by Gasteiger charge is 2.02. The van der Waals surface area contributed by atoms with Crippen molar-refractivity contribution in [1.82, 2.24) is 4.98 Å². The van der Waals surface area contributed by atoms with Gasteiger partial charge in [0.2, 0.25) is 0 Å². The molecule has 0 fully saturated rings. The van der Waals surface area contributed by atoms with Crippen LogP contribution in [-0.4, -0.2) is 31.3 Å². The minimum atomic E-state index is -3.67. The molecule has 0 radical (unpaired) electrons. The fourth-order valence-electron chi connectivity index (χ4n) is 1.30. The molecule has 0 unspecified atom stereocenters. The molecule has 0 aliphatic heterocycles. The lowest BCUT2D eigenvalue weighted by Gasteiger charge is -2.08. The van der Waals surface area contributed by atoms with Crippen LogP contribution >= 0.6 is 0 Å². The van der Waals surface area contributed by atoms with Crippen LogP contribution in [0.4, 0.5) is 5.69 Å². The molecule has 8 heteroatoms. The lowest BCUT2D eigenvalue weighted by molar-refractivity contribution is 0.411.